The molecule has 3 nitrogen and oxygen atoms in total. The first-order valence-corrected chi connectivity index (χ1v) is 11.6. The van der Waals surface area contributed by atoms with E-state index in [9.17, 15) is 4.79 Å². The molecule has 1 amide bonds. The summed E-state index contributed by atoms with van der Waals surface area (Å²) >= 11 is 3.46. The number of nitrogens with zero attached hydrogens (tertiary/aromatic N) is 1. The van der Waals surface area contributed by atoms with Gasteiger partial charge in [-0.25, -0.2) is 5.43 Å². The van der Waals surface area contributed by atoms with Crippen molar-refractivity contribution in [1.29, 1.82) is 0 Å². The maximum Gasteiger partial charge on any atom is 0.240 e. The number of rotatable bonds is 16. The van der Waals surface area contributed by atoms with Gasteiger partial charge in [-0.1, -0.05) is 118 Å². The molecule has 1 aromatic rings. The molecule has 0 radical (unpaired) electrons. The van der Waals surface area contributed by atoms with Crippen LogP contribution in [0.15, 0.2) is 33.8 Å². The summed E-state index contributed by atoms with van der Waals surface area (Å²) in [5.41, 5.74) is 3.57. The number of hydrogen-bond acceptors (Lipinski definition) is 2. The molecular formula is C23H37BrN2O. The van der Waals surface area contributed by atoms with E-state index < -0.39 is 0 Å². The summed E-state index contributed by atoms with van der Waals surface area (Å²) in [6.07, 6.45) is 19.4. The van der Waals surface area contributed by atoms with Crippen molar-refractivity contribution in [2.75, 3.05) is 0 Å². The molecule has 1 rings (SSSR count). The number of benzene rings is 1. The van der Waals surface area contributed by atoms with Gasteiger partial charge in [-0.15, -0.1) is 0 Å². The average Bonchev–Trinajstić information content (AvgIpc) is 2.67. The van der Waals surface area contributed by atoms with E-state index in [-0.39, 0.29) is 5.91 Å². The highest BCUT2D eigenvalue weighted by Gasteiger charge is 2.00. The molecule has 0 aliphatic rings. The Morgan fingerprint density at radius 1 is 0.889 bits per heavy atom. The Kier molecular flexibility index (Phi) is 15.0. The van der Waals surface area contributed by atoms with Crippen LogP contribution in [0.25, 0.3) is 0 Å². The van der Waals surface area contributed by atoms with Crippen LogP contribution in [-0.4, -0.2) is 12.1 Å². The molecule has 0 saturated heterocycles. The van der Waals surface area contributed by atoms with Gasteiger partial charge in [-0.2, -0.15) is 5.10 Å². The summed E-state index contributed by atoms with van der Waals surface area (Å²) in [5.74, 6) is 0.00127. The molecule has 0 spiro atoms. The van der Waals surface area contributed by atoms with Gasteiger partial charge in [0.1, 0.15) is 0 Å². The van der Waals surface area contributed by atoms with Crippen LogP contribution in [-0.2, 0) is 4.79 Å². The second-order valence-corrected chi connectivity index (χ2v) is 8.16. The first-order chi connectivity index (χ1) is 13.2. The smallest absolute Gasteiger partial charge is 0.240 e. The maximum atomic E-state index is 11.8. The van der Waals surface area contributed by atoms with E-state index in [0.717, 1.165) is 22.9 Å². The maximum absolute atomic E-state index is 11.8. The predicted octanol–water partition coefficient (Wildman–Crippen LogP) is 7.38. The number of hydrogen-bond donors (Lipinski definition) is 1. The average molecular weight is 437 g/mol. The number of carbonyl (C=O) groups is 1. The zero-order chi connectivity index (χ0) is 19.6. The number of hydrazone groups is 1. The van der Waals surface area contributed by atoms with Crippen molar-refractivity contribution in [2.24, 2.45) is 5.10 Å². The van der Waals surface area contributed by atoms with Crippen molar-refractivity contribution in [2.45, 2.75) is 96.8 Å². The number of carbonyl (C=O) groups excluding carboxylic acids is 1. The van der Waals surface area contributed by atoms with Crippen molar-refractivity contribution in [3.8, 4) is 0 Å². The molecule has 0 bridgehead atoms. The predicted molar refractivity (Wildman–Crippen MR) is 120 cm³/mol. The summed E-state index contributed by atoms with van der Waals surface area (Å²) in [5, 5.41) is 4.03. The van der Waals surface area contributed by atoms with Gasteiger partial charge in [-0.05, 0) is 12.5 Å². The molecule has 0 aromatic heterocycles. The SMILES string of the molecule is CCCCCCCCCCCCCCCC(=O)N/N=C\c1ccccc1Br. The van der Waals surface area contributed by atoms with E-state index in [1.165, 1.54) is 70.6 Å². The Hall–Kier alpha value is -1.16. The normalized spacial score (nSPS) is 11.2. The lowest BCUT2D eigenvalue weighted by Crippen LogP contribution is -2.16. The molecule has 27 heavy (non-hydrogen) atoms. The van der Waals surface area contributed by atoms with E-state index in [1.54, 1.807) is 6.21 Å². The molecule has 1 N–H and O–H groups in total. The number of halogens is 1. The second kappa shape index (κ2) is 17.0. The molecule has 152 valence electrons. The Balaban J connectivity index is 1.89. The first kappa shape index (κ1) is 23.9. The number of amides is 1. The topological polar surface area (TPSA) is 41.5 Å². The minimum absolute atomic E-state index is 0.00127. The number of nitrogens with one attached hydrogen (secondary N) is 1. The zero-order valence-corrected chi connectivity index (χ0v) is 18.6. The molecule has 1 aromatic carbocycles. The minimum Gasteiger partial charge on any atom is -0.273 e. The lowest BCUT2D eigenvalue weighted by atomic mass is 10.0. The molecule has 0 aliphatic heterocycles. The van der Waals surface area contributed by atoms with Gasteiger partial charge in [0.2, 0.25) is 5.91 Å². The van der Waals surface area contributed by atoms with Crippen LogP contribution in [0.1, 0.15) is 102 Å². The first-order valence-electron chi connectivity index (χ1n) is 10.8. The molecule has 0 saturated carbocycles. The molecule has 0 heterocycles. The largest absolute Gasteiger partial charge is 0.273 e. The van der Waals surface area contributed by atoms with E-state index >= 15 is 0 Å². The van der Waals surface area contributed by atoms with Crippen LogP contribution in [0.2, 0.25) is 0 Å². The van der Waals surface area contributed by atoms with Gasteiger partial charge in [0.25, 0.3) is 0 Å². The Bertz CT molecular complexity index is 531. The monoisotopic (exact) mass is 436 g/mol. The third-order valence-corrected chi connectivity index (χ3v) is 5.53. The number of unbranched alkanes of at least 4 members (excludes halogenated alkanes) is 12. The van der Waals surface area contributed by atoms with Crippen molar-refractivity contribution >= 4 is 28.1 Å². The second-order valence-electron chi connectivity index (χ2n) is 7.31. The van der Waals surface area contributed by atoms with Crippen molar-refractivity contribution in [3.05, 3.63) is 34.3 Å². The van der Waals surface area contributed by atoms with Crippen molar-refractivity contribution < 1.29 is 4.79 Å². The molecule has 0 unspecified atom stereocenters. The lowest BCUT2D eigenvalue weighted by molar-refractivity contribution is -0.121. The molecular weight excluding hydrogens is 400 g/mol. The Morgan fingerprint density at radius 2 is 1.41 bits per heavy atom. The molecule has 0 fully saturated rings. The summed E-state index contributed by atoms with van der Waals surface area (Å²) < 4.78 is 0.972. The van der Waals surface area contributed by atoms with Gasteiger partial charge in [-0.3, -0.25) is 4.79 Å². The Labute approximate surface area is 174 Å². The minimum atomic E-state index is 0.00127. The zero-order valence-electron chi connectivity index (χ0n) is 17.0. The van der Waals surface area contributed by atoms with Crippen LogP contribution in [0.5, 0.6) is 0 Å². The van der Waals surface area contributed by atoms with E-state index in [2.05, 4.69) is 33.4 Å². The standard InChI is InChI=1S/C23H37BrN2O/c1-2-3-4-5-6-7-8-9-10-11-12-13-14-19-23(27)26-25-20-21-17-15-16-18-22(21)24/h15-18,20H,2-14,19H2,1H3,(H,26,27)/b25-20-. The third kappa shape index (κ3) is 13.6. The summed E-state index contributed by atoms with van der Waals surface area (Å²) in [6, 6.07) is 7.80. The molecule has 0 aliphatic carbocycles. The van der Waals surface area contributed by atoms with Crippen LogP contribution >= 0.6 is 15.9 Å². The highest BCUT2D eigenvalue weighted by Crippen LogP contribution is 2.14. The van der Waals surface area contributed by atoms with Gasteiger partial charge >= 0.3 is 0 Å². The van der Waals surface area contributed by atoms with Crippen LogP contribution in [0.4, 0.5) is 0 Å². The van der Waals surface area contributed by atoms with Gasteiger partial charge in [0.15, 0.2) is 0 Å². The van der Waals surface area contributed by atoms with Crippen LogP contribution in [0, 0.1) is 0 Å². The fourth-order valence-electron chi connectivity index (χ4n) is 3.11. The molecule has 4 heteroatoms. The quantitative estimate of drug-likeness (QED) is 0.164. The highest BCUT2D eigenvalue weighted by atomic mass is 79.9. The van der Waals surface area contributed by atoms with Gasteiger partial charge < -0.3 is 0 Å². The summed E-state index contributed by atoms with van der Waals surface area (Å²) in [7, 11) is 0. The van der Waals surface area contributed by atoms with E-state index in [4.69, 9.17) is 0 Å². The fraction of sp³-hybridized carbons (Fsp3) is 0.652. The van der Waals surface area contributed by atoms with Gasteiger partial charge in [0, 0.05) is 16.5 Å². The third-order valence-electron chi connectivity index (χ3n) is 4.81. The molecule has 0 atom stereocenters. The van der Waals surface area contributed by atoms with Crippen molar-refractivity contribution in [1.82, 2.24) is 5.43 Å². The Morgan fingerprint density at radius 3 is 1.96 bits per heavy atom. The fourth-order valence-corrected chi connectivity index (χ4v) is 3.50. The van der Waals surface area contributed by atoms with E-state index in [1.807, 2.05) is 24.3 Å². The van der Waals surface area contributed by atoms with Crippen LogP contribution < -0.4 is 5.43 Å². The van der Waals surface area contributed by atoms with E-state index in [0.29, 0.717) is 6.42 Å². The lowest BCUT2D eigenvalue weighted by Gasteiger charge is -2.03. The van der Waals surface area contributed by atoms with Crippen molar-refractivity contribution in [3.63, 3.8) is 0 Å². The highest BCUT2D eigenvalue weighted by molar-refractivity contribution is 9.10. The van der Waals surface area contributed by atoms with Gasteiger partial charge in [0.05, 0.1) is 6.21 Å². The summed E-state index contributed by atoms with van der Waals surface area (Å²) in [4.78, 5) is 11.8. The summed E-state index contributed by atoms with van der Waals surface area (Å²) in [6.45, 7) is 2.27. The van der Waals surface area contributed by atoms with Crippen LogP contribution in [0.3, 0.4) is 0 Å².